The fraction of sp³-hybridized carbons (Fsp3) is 0.400. The maximum atomic E-state index is 9.17. The third kappa shape index (κ3) is 67.2. The standard InChI is InChI=1S/C3H6NO.CHBNO.CH3.2U/c1-2-4-3-5;2-3-1-4;;;/h2H2,1H3,(H,4,5);(H,3,4);1H3;;/q3*-1;;+2. The molecule has 0 rings (SSSR count). The maximum absolute atomic E-state index is 9.17. The zero-order valence-electron chi connectivity index (χ0n) is 7.10. The van der Waals surface area contributed by atoms with Gasteiger partial charge in [0.2, 0.25) is 0 Å². The third-order valence-corrected chi connectivity index (χ3v) is 0.308. The molecular weight excluding hydrogens is 607 g/mol. The van der Waals surface area contributed by atoms with Gasteiger partial charge in [0.05, 0.1) is 0 Å². The smallest absolute Gasteiger partial charge is 0.585 e. The summed E-state index contributed by atoms with van der Waals surface area (Å²) < 4.78 is 0. The molecule has 0 fully saturated rings. The van der Waals surface area contributed by atoms with Crippen LogP contribution in [0.15, 0.2) is 0 Å². The van der Waals surface area contributed by atoms with Crippen molar-refractivity contribution in [2.24, 2.45) is 0 Å². The van der Waals surface area contributed by atoms with Gasteiger partial charge < -0.3 is 27.6 Å². The van der Waals surface area contributed by atoms with E-state index in [1.165, 1.54) is 12.8 Å². The van der Waals surface area contributed by atoms with Gasteiger partial charge in [0.1, 0.15) is 0 Å². The summed E-state index contributed by atoms with van der Waals surface area (Å²) in [5, 5.41) is 3.93. The van der Waals surface area contributed by atoms with Gasteiger partial charge in [0.25, 0.3) is 0 Å². The average Bonchev–Trinajstić information content (AvgIpc) is 1.91. The van der Waals surface area contributed by atoms with Crippen LogP contribution in [0.1, 0.15) is 6.92 Å². The number of nitrogens with one attached hydrogen (secondary N) is 2. The Morgan fingerprint density at radius 1 is 1.33 bits per heavy atom. The van der Waals surface area contributed by atoms with Gasteiger partial charge in [0, 0.05) is 31.1 Å². The van der Waals surface area contributed by atoms with Crippen molar-refractivity contribution in [3.05, 3.63) is 7.43 Å². The van der Waals surface area contributed by atoms with Crippen LogP contribution in [0.4, 0.5) is 0 Å². The second kappa shape index (κ2) is 40.0. The molecule has 4 nitrogen and oxygen atoms in total. The van der Waals surface area contributed by atoms with Crippen LogP contribution in [0.25, 0.3) is 0 Å². The fourth-order valence-electron chi connectivity index (χ4n) is 0.0722. The average molecular weight is 617 g/mol. The first-order chi connectivity index (χ1) is 4.33. The summed E-state index contributed by atoms with van der Waals surface area (Å²) in [4.78, 5) is 18.0. The Hall–Kier alpha value is 1.11. The van der Waals surface area contributed by atoms with Crippen molar-refractivity contribution in [2.45, 2.75) is 6.92 Å². The van der Waals surface area contributed by atoms with Crippen LogP contribution in [0, 0.1) is 69.7 Å². The quantitative estimate of drug-likeness (QED) is 0.239. The van der Waals surface area contributed by atoms with Crippen LogP contribution in [0.2, 0.25) is 0 Å². The van der Waals surface area contributed by atoms with Gasteiger partial charge in [-0.25, -0.2) is 0 Å². The Kier molecular flexibility index (Phi) is 97.5. The van der Waals surface area contributed by atoms with Crippen LogP contribution >= 0.6 is 0 Å². The SMILES string of the molecule is CCN[C-]=O.[B]N[C-]=O.[CH3-].[U+2].[U]. The van der Waals surface area contributed by atoms with E-state index in [-0.39, 0.29) is 69.7 Å². The van der Waals surface area contributed by atoms with Gasteiger partial charge >= 0.3 is 31.1 Å². The van der Waals surface area contributed by atoms with Crippen molar-refractivity contribution in [3.8, 4) is 0 Å². The largest absolute Gasteiger partial charge is 2.00 e. The van der Waals surface area contributed by atoms with Gasteiger partial charge in [-0.15, -0.1) is 0 Å². The van der Waals surface area contributed by atoms with Gasteiger partial charge in [-0.1, -0.05) is 6.92 Å². The number of amides is 2. The molecule has 12 heavy (non-hydrogen) atoms. The van der Waals surface area contributed by atoms with Crippen molar-refractivity contribution in [1.82, 2.24) is 10.5 Å². The molecule has 0 aromatic rings. The van der Waals surface area contributed by atoms with E-state index >= 15 is 0 Å². The minimum absolute atomic E-state index is 0. The summed E-state index contributed by atoms with van der Waals surface area (Å²) in [6.07, 6.45) is 2.73. The third-order valence-electron chi connectivity index (χ3n) is 0.308. The maximum Gasteiger partial charge on any atom is 2.00 e. The number of rotatable bonds is 3. The molecule has 0 aliphatic rings. The molecule has 0 saturated carbocycles. The van der Waals surface area contributed by atoms with E-state index in [0.29, 0.717) is 6.54 Å². The molecule has 64 valence electrons. The van der Waals surface area contributed by atoms with Crippen LogP contribution in [-0.2, 0) is 9.59 Å². The van der Waals surface area contributed by atoms with E-state index in [1.54, 1.807) is 5.23 Å². The van der Waals surface area contributed by atoms with Gasteiger partial charge in [0.15, 0.2) is 7.98 Å². The van der Waals surface area contributed by atoms with Crippen molar-refractivity contribution >= 4 is 20.8 Å². The van der Waals surface area contributed by atoms with E-state index in [9.17, 15) is 0 Å². The minimum Gasteiger partial charge on any atom is -0.585 e. The second-order valence-corrected chi connectivity index (χ2v) is 0.879. The Morgan fingerprint density at radius 2 is 1.67 bits per heavy atom. The van der Waals surface area contributed by atoms with Crippen molar-refractivity contribution in [2.75, 3.05) is 6.54 Å². The minimum atomic E-state index is 0. The molecule has 0 aromatic carbocycles. The Balaban J connectivity index is -0.0000000221. The molecule has 0 atom stereocenters. The summed E-state index contributed by atoms with van der Waals surface area (Å²) in [5.41, 5.74) is 0. The first-order valence-electron chi connectivity index (χ1n) is 2.26. The molecule has 0 unspecified atom stereocenters. The molecule has 0 aliphatic heterocycles. The summed E-state index contributed by atoms with van der Waals surface area (Å²) in [6.45, 7) is 2.51. The molecular formula is C5H10BN2O2U2-. The molecule has 0 bridgehead atoms. The number of hydrogen-bond acceptors (Lipinski definition) is 2. The van der Waals surface area contributed by atoms with Gasteiger partial charge in [-0.05, 0) is 6.54 Å². The molecule has 0 spiro atoms. The molecule has 2 N–H and O–H groups in total. The Bertz CT molecular complexity index is 78.5. The summed E-state index contributed by atoms with van der Waals surface area (Å²) in [5.74, 6) is 0. The molecule has 2 radical (unpaired) electrons. The summed E-state index contributed by atoms with van der Waals surface area (Å²) in [6, 6.07) is 0. The van der Waals surface area contributed by atoms with Gasteiger partial charge in [-0.2, -0.15) is 12.8 Å². The van der Waals surface area contributed by atoms with Crippen LogP contribution in [0.3, 0.4) is 0 Å². The summed E-state index contributed by atoms with van der Waals surface area (Å²) >= 11 is 0. The van der Waals surface area contributed by atoms with E-state index in [0.717, 1.165) is 0 Å². The van der Waals surface area contributed by atoms with Crippen molar-refractivity contribution in [1.29, 1.82) is 0 Å². The van der Waals surface area contributed by atoms with Crippen molar-refractivity contribution in [3.63, 3.8) is 0 Å². The predicted octanol–water partition coefficient (Wildman–Crippen LogP) is -1.16. The Labute approximate surface area is 123 Å². The van der Waals surface area contributed by atoms with Crippen LogP contribution in [0.5, 0.6) is 0 Å². The zero-order valence-corrected chi connectivity index (χ0v) is 15.4. The first kappa shape index (κ1) is 29.2. The molecule has 0 aliphatic carbocycles. The topological polar surface area (TPSA) is 58.2 Å². The monoisotopic (exact) mass is 617 g/mol. The Morgan fingerprint density at radius 3 is 1.67 bits per heavy atom. The molecule has 7 heteroatoms. The molecule has 2 amide bonds. The van der Waals surface area contributed by atoms with Crippen LogP contribution < -0.4 is 10.5 Å². The van der Waals surface area contributed by atoms with Crippen molar-refractivity contribution < 1.29 is 71.8 Å². The molecule has 0 saturated heterocycles. The molecule has 0 heterocycles. The fourth-order valence-corrected chi connectivity index (χ4v) is 0.0722. The zero-order chi connectivity index (χ0) is 7.54. The van der Waals surface area contributed by atoms with E-state index in [4.69, 9.17) is 9.59 Å². The summed E-state index contributed by atoms with van der Waals surface area (Å²) in [7, 11) is 4.35. The second-order valence-electron chi connectivity index (χ2n) is 0.879. The molecule has 0 aromatic heterocycles. The van der Waals surface area contributed by atoms with Gasteiger partial charge in [-0.3, -0.25) is 0 Å². The first-order valence-corrected chi connectivity index (χ1v) is 2.26. The predicted molar refractivity (Wildman–Crippen MR) is 40.4 cm³/mol. The normalized spacial score (nSPS) is 4.42. The number of carbonyl (C=O) groups excluding carboxylic acids is 2. The number of hydrogen-bond donors (Lipinski definition) is 2. The van der Waals surface area contributed by atoms with E-state index in [1.807, 2.05) is 6.92 Å². The van der Waals surface area contributed by atoms with E-state index in [2.05, 4.69) is 13.3 Å². The van der Waals surface area contributed by atoms with E-state index < -0.39 is 0 Å². The van der Waals surface area contributed by atoms with Crippen LogP contribution in [-0.4, -0.2) is 27.3 Å².